The van der Waals surface area contributed by atoms with Crippen LogP contribution in [-0.2, 0) is 33.1 Å². The summed E-state index contributed by atoms with van der Waals surface area (Å²) in [6.07, 6.45) is 27.9. The first-order valence-electron chi connectivity index (χ1n) is 18.4. The molecule has 0 saturated heterocycles. The maximum Gasteiger partial charge on any atom is 2.00 e. The number of phenols is 1. The van der Waals surface area contributed by atoms with E-state index in [0.717, 1.165) is 50.7 Å². The van der Waals surface area contributed by atoms with Crippen molar-refractivity contribution in [2.45, 2.75) is 178 Å². The zero-order valence-corrected chi connectivity index (χ0v) is 34.1. The Morgan fingerprint density at radius 2 is 0.878 bits per heavy atom. The topological polar surface area (TPSA) is 155 Å². The van der Waals surface area contributed by atoms with E-state index >= 15 is 0 Å². The van der Waals surface area contributed by atoms with Crippen LogP contribution in [0, 0.1) is 0 Å². The summed E-state index contributed by atoms with van der Waals surface area (Å²) in [7, 11) is -8.73. The molecule has 2 aromatic carbocycles. The molecule has 2 N–H and O–H groups in total. The Balaban J connectivity index is 0.000000922. The van der Waals surface area contributed by atoms with Gasteiger partial charge in [-0.1, -0.05) is 154 Å². The molecule has 0 aromatic heterocycles. The van der Waals surface area contributed by atoms with E-state index < -0.39 is 20.2 Å². The fraction of sp³-hybridized carbons (Fsp3) is 0.684. The first-order valence-corrected chi connectivity index (χ1v) is 21.3. The van der Waals surface area contributed by atoms with Crippen molar-refractivity contribution in [3.8, 4) is 11.5 Å². The molecule has 0 fully saturated rings. The minimum atomic E-state index is -4.50. The molecular formula is C38H62CaO8S2. The third-order valence-electron chi connectivity index (χ3n) is 8.72. The van der Waals surface area contributed by atoms with E-state index in [1.165, 1.54) is 127 Å². The van der Waals surface area contributed by atoms with Gasteiger partial charge >= 0.3 is 37.7 Å². The predicted octanol–water partition coefficient (Wildman–Crippen LogP) is 9.63. The van der Waals surface area contributed by atoms with Gasteiger partial charge in [0.05, 0.1) is 9.79 Å². The summed E-state index contributed by atoms with van der Waals surface area (Å²) in [5.74, 6) is -0.221. The summed E-state index contributed by atoms with van der Waals surface area (Å²) < 4.78 is 65.5. The third kappa shape index (κ3) is 24.1. The van der Waals surface area contributed by atoms with Crippen molar-refractivity contribution in [2.75, 3.05) is 0 Å². The van der Waals surface area contributed by atoms with E-state index in [9.17, 15) is 36.2 Å². The van der Waals surface area contributed by atoms with Crippen LogP contribution in [0.1, 0.15) is 166 Å². The minimum Gasteiger partial charge on any atom is -0.872 e. The van der Waals surface area contributed by atoms with Crippen LogP contribution in [-0.4, -0.2) is 68.8 Å². The Hall–Kier alpha value is -0.880. The van der Waals surface area contributed by atoms with Crippen molar-refractivity contribution in [3.05, 3.63) is 47.5 Å². The van der Waals surface area contributed by atoms with Crippen molar-refractivity contribution < 1.29 is 36.2 Å². The zero-order valence-electron chi connectivity index (χ0n) is 30.3. The summed E-state index contributed by atoms with van der Waals surface area (Å²) in [5.41, 5.74) is 0.863. The van der Waals surface area contributed by atoms with Crippen molar-refractivity contribution in [1.29, 1.82) is 0 Å². The van der Waals surface area contributed by atoms with E-state index in [4.69, 9.17) is 0 Å². The average molecular weight is 751 g/mol. The Kier molecular flexibility index (Phi) is 28.2. The van der Waals surface area contributed by atoms with Crippen molar-refractivity contribution in [3.63, 3.8) is 0 Å². The number of rotatable bonds is 26. The van der Waals surface area contributed by atoms with Gasteiger partial charge in [0.1, 0.15) is 15.9 Å². The fourth-order valence-corrected chi connectivity index (χ4v) is 7.42. The first kappa shape index (κ1) is 48.1. The van der Waals surface area contributed by atoms with E-state index in [1.54, 1.807) is 0 Å². The second-order valence-corrected chi connectivity index (χ2v) is 15.8. The number of benzene rings is 2. The molecular weight excluding hydrogens is 689 g/mol. The summed E-state index contributed by atoms with van der Waals surface area (Å²) in [6, 6.07) is 7.53. The minimum absolute atomic E-state index is 0. The molecule has 8 nitrogen and oxygen atoms in total. The van der Waals surface area contributed by atoms with Gasteiger partial charge in [0, 0.05) is 0 Å². The third-order valence-corrected chi connectivity index (χ3v) is 10.6. The monoisotopic (exact) mass is 750 g/mol. The predicted molar refractivity (Wildman–Crippen MR) is 198 cm³/mol. The van der Waals surface area contributed by atoms with Crippen LogP contribution in [0.2, 0.25) is 0 Å². The normalized spacial score (nSPS) is 11.5. The molecule has 0 bridgehead atoms. The van der Waals surface area contributed by atoms with Gasteiger partial charge in [0.15, 0.2) is 0 Å². The van der Waals surface area contributed by atoms with E-state index in [1.807, 2.05) is 0 Å². The molecule has 0 unspecified atom stereocenters. The molecule has 2 aromatic rings. The van der Waals surface area contributed by atoms with Crippen molar-refractivity contribution in [1.82, 2.24) is 0 Å². The standard InChI is InChI=1S/2C19H32O4S.Ca/c2*1-2-3-4-5-6-7-8-9-10-11-12-13-17-16-18(20)14-15-19(17)24(21,22)23;/h2*14-16,20H,2-13H2,1H3,(H,21,22,23);/q;;+2/p-2. The van der Waals surface area contributed by atoms with Gasteiger partial charge in [0.25, 0.3) is 10.1 Å². The molecule has 11 heteroatoms. The molecule has 0 atom stereocenters. The Morgan fingerprint density at radius 3 is 1.24 bits per heavy atom. The Labute approximate surface area is 328 Å². The molecule has 0 aliphatic heterocycles. The summed E-state index contributed by atoms with van der Waals surface area (Å²) >= 11 is 0. The SMILES string of the molecule is CCCCCCCCCCCCCc1cc(O)ccc1S(=O)(=O)O.CCCCCCCCCCCCCc1cc([O-])ccc1S(=O)(=O)[O-].[Ca+2]. The molecule has 0 spiro atoms. The molecule has 0 aliphatic rings. The largest absolute Gasteiger partial charge is 2.00 e. The van der Waals surface area contributed by atoms with Crippen molar-refractivity contribution >= 4 is 58.0 Å². The van der Waals surface area contributed by atoms with Crippen molar-refractivity contribution in [2.24, 2.45) is 0 Å². The van der Waals surface area contributed by atoms with Crippen LogP contribution in [0.5, 0.6) is 11.5 Å². The number of unbranched alkanes of at least 4 members (excludes halogenated alkanes) is 20. The molecule has 49 heavy (non-hydrogen) atoms. The van der Waals surface area contributed by atoms with Crippen LogP contribution >= 0.6 is 0 Å². The van der Waals surface area contributed by atoms with Crippen LogP contribution in [0.4, 0.5) is 0 Å². The molecule has 0 radical (unpaired) electrons. The summed E-state index contributed by atoms with van der Waals surface area (Å²) in [5, 5.41) is 20.9. The molecule has 0 heterocycles. The van der Waals surface area contributed by atoms with Gasteiger partial charge in [-0.2, -0.15) is 8.42 Å². The molecule has 0 saturated carbocycles. The number of hydrogen-bond donors (Lipinski definition) is 2. The quantitative estimate of drug-likeness (QED) is 0.0547. The number of hydrogen-bond acceptors (Lipinski definition) is 7. The van der Waals surface area contributed by atoms with Gasteiger partial charge in [-0.15, -0.1) is 5.75 Å². The smallest absolute Gasteiger partial charge is 0.872 e. The Morgan fingerprint density at radius 1 is 0.531 bits per heavy atom. The molecule has 2 rings (SSSR count). The summed E-state index contributed by atoms with van der Waals surface area (Å²) in [6.45, 7) is 4.46. The fourth-order valence-electron chi connectivity index (χ4n) is 5.97. The Bertz CT molecular complexity index is 1240. The molecule has 276 valence electrons. The second-order valence-electron chi connectivity index (χ2n) is 13.1. The number of aryl methyl sites for hydroxylation is 2. The zero-order chi connectivity index (χ0) is 35.7. The van der Waals surface area contributed by atoms with Gasteiger partial charge < -0.3 is 14.8 Å². The molecule has 0 amide bonds. The maximum absolute atomic E-state index is 11.4. The van der Waals surface area contributed by atoms with E-state index in [0.29, 0.717) is 24.0 Å². The summed E-state index contributed by atoms with van der Waals surface area (Å²) in [4.78, 5) is -0.332. The van der Waals surface area contributed by atoms with Gasteiger partial charge in [0.2, 0.25) is 0 Å². The van der Waals surface area contributed by atoms with Crippen LogP contribution in [0.25, 0.3) is 0 Å². The van der Waals surface area contributed by atoms with Crippen LogP contribution in [0.3, 0.4) is 0 Å². The van der Waals surface area contributed by atoms with Crippen LogP contribution in [0.15, 0.2) is 46.2 Å². The van der Waals surface area contributed by atoms with E-state index in [-0.39, 0.29) is 59.0 Å². The van der Waals surface area contributed by atoms with Gasteiger partial charge in [-0.25, -0.2) is 8.42 Å². The molecule has 0 aliphatic carbocycles. The van der Waals surface area contributed by atoms with Gasteiger partial charge in [-0.05, 0) is 61.1 Å². The first-order chi connectivity index (χ1) is 22.9. The maximum atomic E-state index is 11.4. The number of phenolic OH excluding ortho intramolecular Hbond substituents is 1. The second kappa shape index (κ2) is 28.7. The average Bonchev–Trinajstić information content (AvgIpc) is 3.01. The van der Waals surface area contributed by atoms with E-state index in [2.05, 4.69) is 13.8 Å². The number of aromatic hydroxyl groups is 1. The van der Waals surface area contributed by atoms with Gasteiger partial charge in [-0.3, -0.25) is 4.55 Å². The van der Waals surface area contributed by atoms with Crippen LogP contribution < -0.4 is 5.11 Å².